The Morgan fingerprint density at radius 2 is 2.30 bits per heavy atom. The summed E-state index contributed by atoms with van der Waals surface area (Å²) in [5.41, 5.74) is 2.41. The zero-order chi connectivity index (χ0) is 16.2. The van der Waals surface area contributed by atoms with E-state index in [0.29, 0.717) is 12.1 Å². The zero-order valence-corrected chi connectivity index (χ0v) is 13.4. The second-order valence-corrected chi connectivity index (χ2v) is 6.08. The van der Waals surface area contributed by atoms with Crippen molar-refractivity contribution in [2.45, 2.75) is 45.1 Å². The lowest BCUT2D eigenvalue weighted by Gasteiger charge is -2.36. The number of aromatic amines is 1. The van der Waals surface area contributed by atoms with E-state index in [2.05, 4.69) is 17.1 Å². The van der Waals surface area contributed by atoms with Gasteiger partial charge < -0.3 is 4.90 Å². The number of aryl methyl sites for hydroxylation is 1. The van der Waals surface area contributed by atoms with Crippen molar-refractivity contribution in [2.24, 2.45) is 0 Å². The smallest absolute Gasteiger partial charge is 0.257 e. The van der Waals surface area contributed by atoms with Crippen LogP contribution in [0.5, 0.6) is 0 Å². The number of hydrogen-bond donors (Lipinski definition) is 1. The molecule has 2 aromatic rings. The summed E-state index contributed by atoms with van der Waals surface area (Å²) in [5, 5.41) is 6.97. The van der Waals surface area contributed by atoms with Crippen molar-refractivity contribution in [3.8, 4) is 0 Å². The molecule has 3 rings (SSSR count). The molecule has 1 fully saturated rings. The van der Waals surface area contributed by atoms with Crippen molar-refractivity contribution in [3.63, 3.8) is 0 Å². The third-order valence-electron chi connectivity index (χ3n) is 4.45. The lowest BCUT2D eigenvalue weighted by Crippen LogP contribution is -2.38. The molecule has 1 amide bonds. The zero-order valence-electron chi connectivity index (χ0n) is 13.4. The van der Waals surface area contributed by atoms with Gasteiger partial charge in [0.1, 0.15) is 5.82 Å². The van der Waals surface area contributed by atoms with Gasteiger partial charge in [0.2, 0.25) is 0 Å². The summed E-state index contributed by atoms with van der Waals surface area (Å²) >= 11 is 0. The van der Waals surface area contributed by atoms with Gasteiger partial charge in [-0.05, 0) is 43.4 Å². The van der Waals surface area contributed by atoms with Crippen molar-refractivity contribution in [1.29, 1.82) is 0 Å². The van der Waals surface area contributed by atoms with Crippen LogP contribution in [-0.2, 0) is 6.42 Å². The number of carbonyl (C=O) groups excluding carboxylic acids is 1. The molecule has 0 unspecified atom stereocenters. The van der Waals surface area contributed by atoms with Crippen molar-refractivity contribution in [1.82, 2.24) is 15.1 Å². The Bertz CT molecular complexity index is 682. The Kier molecular flexibility index (Phi) is 4.74. The largest absolute Gasteiger partial charge is 0.332 e. The van der Waals surface area contributed by atoms with Gasteiger partial charge in [-0.15, -0.1) is 0 Å². The quantitative estimate of drug-likeness (QED) is 0.931. The minimum Gasteiger partial charge on any atom is -0.332 e. The molecule has 23 heavy (non-hydrogen) atoms. The molecule has 2 heterocycles. The molecular formula is C18H22FN3O. The lowest BCUT2D eigenvalue weighted by atomic mass is 9.94. The first-order valence-electron chi connectivity index (χ1n) is 8.29. The number of hydrogen-bond acceptors (Lipinski definition) is 2. The number of piperidine rings is 1. The maximum Gasteiger partial charge on any atom is 0.257 e. The number of likely N-dealkylation sites (tertiary alicyclic amines) is 1. The Morgan fingerprint density at radius 3 is 3.09 bits per heavy atom. The van der Waals surface area contributed by atoms with Crippen LogP contribution in [0, 0.1) is 5.82 Å². The van der Waals surface area contributed by atoms with Crippen LogP contribution in [0.1, 0.15) is 60.3 Å². The molecule has 5 heteroatoms. The molecule has 0 radical (unpaired) electrons. The van der Waals surface area contributed by atoms with Crippen molar-refractivity contribution in [2.75, 3.05) is 6.54 Å². The molecule has 0 spiro atoms. The first kappa shape index (κ1) is 15.7. The number of nitrogens with zero attached hydrogens (tertiary/aromatic N) is 2. The van der Waals surface area contributed by atoms with Crippen LogP contribution < -0.4 is 0 Å². The topological polar surface area (TPSA) is 49.0 Å². The monoisotopic (exact) mass is 315 g/mol. The summed E-state index contributed by atoms with van der Waals surface area (Å²) in [4.78, 5) is 14.9. The van der Waals surface area contributed by atoms with Gasteiger partial charge in [-0.25, -0.2) is 4.39 Å². The molecule has 1 aromatic carbocycles. The maximum atomic E-state index is 13.6. The second-order valence-electron chi connectivity index (χ2n) is 6.08. The van der Waals surface area contributed by atoms with Crippen LogP contribution in [0.25, 0.3) is 0 Å². The average molecular weight is 315 g/mol. The summed E-state index contributed by atoms with van der Waals surface area (Å²) in [6.45, 7) is 2.78. The van der Waals surface area contributed by atoms with Gasteiger partial charge in [-0.1, -0.05) is 25.5 Å². The standard InChI is InChI=1S/C18H22FN3O/c1-2-6-16-15(12-20-21-16)18(23)22-10-4-3-9-17(22)13-7-5-8-14(19)11-13/h5,7-8,11-12,17H,2-4,6,9-10H2,1H3,(H,20,21)/t17-/m1/s1. The summed E-state index contributed by atoms with van der Waals surface area (Å²) in [5.74, 6) is -0.258. The van der Waals surface area contributed by atoms with E-state index in [1.165, 1.54) is 6.07 Å². The predicted octanol–water partition coefficient (Wildman–Crippen LogP) is 3.87. The molecule has 122 valence electrons. The number of halogens is 1. The van der Waals surface area contributed by atoms with Crippen LogP contribution in [0.2, 0.25) is 0 Å². The number of nitrogens with one attached hydrogen (secondary N) is 1. The molecular weight excluding hydrogens is 293 g/mol. The summed E-state index contributed by atoms with van der Waals surface area (Å²) in [7, 11) is 0. The van der Waals surface area contributed by atoms with Gasteiger partial charge in [0.25, 0.3) is 5.91 Å². The summed E-state index contributed by atoms with van der Waals surface area (Å²) in [6.07, 6.45) is 6.28. The van der Waals surface area contributed by atoms with Gasteiger partial charge in [0.05, 0.1) is 17.8 Å². The fourth-order valence-corrected chi connectivity index (χ4v) is 3.33. The number of carbonyl (C=O) groups is 1. The molecule has 1 aliphatic heterocycles. The van der Waals surface area contributed by atoms with E-state index in [9.17, 15) is 9.18 Å². The van der Waals surface area contributed by atoms with Crippen LogP contribution in [-0.4, -0.2) is 27.5 Å². The predicted molar refractivity (Wildman–Crippen MR) is 86.6 cm³/mol. The normalized spacial score (nSPS) is 18.2. The fourth-order valence-electron chi connectivity index (χ4n) is 3.33. The highest BCUT2D eigenvalue weighted by atomic mass is 19.1. The van der Waals surface area contributed by atoms with Crippen LogP contribution in [0.3, 0.4) is 0 Å². The molecule has 1 atom stereocenters. The van der Waals surface area contributed by atoms with E-state index >= 15 is 0 Å². The van der Waals surface area contributed by atoms with Crippen LogP contribution in [0.15, 0.2) is 30.5 Å². The number of amides is 1. The highest BCUT2D eigenvalue weighted by molar-refractivity contribution is 5.95. The molecule has 0 saturated carbocycles. The average Bonchev–Trinajstić information content (AvgIpc) is 3.03. The third-order valence-corrected chi connectivity index (χ3v) is 4.45. The minimum absolute atomic E-state index is 0.00355. The van der Waals surface area contributed by atoms with Crippen LogP contribution >= 0.6 is 0 Å². The Labute approximate surface area is 135 Å². The fraction of sp³-hybridized carbons (Fsp3) is 0.444. The van der Waals surface area contributed by atoms with E-state index in [0.717, 1.165) is 43.4 Å². The van der Waals surface area contributed by atoms with E-state index < -0.39 is 0 Å². The highest BCUT2D eigenvalue weighted by Gasteiger charge is 2.30. The van der Waals surface area contributed by atoms with Gasteiger partial charge >= 0.3 is 0 Å². The van der Waals surface area contributed by atoms with E-state index in [1.807, 2.05) is 11.0 Å². The Balaban J connectivity index is 1.89. The molecule has 1 aromatic heterocycles. The van der Waals surface area contributed by atoms with Gasteiger partial charge in [0, 0.05) is 12.2 Å². The summed E-state index contributed by atoms with van der Waals surface area (Å²) < 4.78 is 13.6. The van der Waals surface area contributed by atoms with Crippen molar-refractivity contribution in [3.05, 3.63) is 53.1 Å². The van der Waals surface area contributed by atoms with Gasteiger partial charge in [-0.3, -0.25) is 9.89 Å². The number of rotatable bonds is 4. The molecule has 4 nitrogen and oxygen atoms in total. The first-order chi connectivity index (χ1) is 11.2. The molecule has 0 bridgehead atoms. The first-order valence-corrected chi connectivity index (χ1v) is 8.29. The molecule has 0 aliphatic carbocycles. The van der Waals surface area contributed by atoms with Gasteiger partial charge in [0.15, 0.2) is 0 Å². The van der Waals surface area contributed by atoms with E-state index in [1.54, 1.807) is 18.3 Å². The molecule has 1 N–H and O–H groups in total. The number of benzene rings is 1. The maximum absolute atomic E-state index is 13.6. The number of aromatic nitrogens is 2. The molecule has 1 saturated heterocycles. The third kappa shape index (κ3) is 3.28. The lowest BCUT2D eigenvalue weighted by molar-refractivity contribution is 0.0610. The van der Waals surface area contributed by atoms with Crippen molar-refractivity contribution >= 4 is 5.91 Å². The Hall–Kier alpha value is -2.17. The number of H-pyrrole nitrogens is 1. The van der Waals surface area contributed by atoms with Crippen LogP contribution in [0.4, 0.5) is 4.39 Å². The highest BCUT2D eigenvalue weighted by Crippen LogP contribution is 2.32. The SMILES string of the molecule is CCCc1[nH]ncc1C(=O)N1CCCC[C@@H]1c1cccc(F)c1. The van der Waals surface area contributed by atoms with E-state index in [4.69, 9.17) is 0 Å². The second kappa shape index (κ2) is 6.94. The molecule has 1 aliphatic rings. The van der Waals surface area contributed by atoms with E-state index in [-0.39, 0.29) is 17.8 Å². The van der Waals surface area contributed by atoms with Gasteiger partial charge in [-0.2, -0.15) is 5.10 Å². The Morgan fingerprint density at radius 1 is 1.43 bits per heavy atom. The summed E-state index contributed by atoms with van der Waals surface area (Å²) in [6, 6.07) is 6.53. The van der Waals surface area contributed by atoms with Crippen molar-refractivity contribution < 1.29 is 9.18 Å². The minimum atomic E-state index is -0.254.